The molecule has 1 aliphatic heterocycles. The van der Waals surface area contributed by atoms with Gasteiger partial charge in [-0.25, -0.2) is 0 Å². The highest BCUT2D eigenvalue weighted by molar-refractivity contribution is 6.03. The Bertz CT molecular complexity index is 1090. The van der Waals surface area contributed by atoms with E-state index in [4.69, 9.17) is 5.73 Å². The maximum atomic E-state index is 12.9. The van der Waals surface area contributed by atoms with Crippen molar-refractivity contribution in [1.82, 2.24) is 0 Å². The van der Waals surface area contributed by atoms with E-state index < -0.39 is 0 Å². The van der Waals surface area contributed by atoms with Crippen LogP contribution < -0.4 is 16.0 Å². The first-order chi connectivity index (χ1) is 16.6. The lowest BCUT2D eigenvalue weighted by molar-refractivity contribution is -0.117. The van der Waals surface area contributed by atoms with Crippen LogP contribution in [0.4, 0.5) is 11.4 Å². The molecule has 0 aromatic heterocycles. The van der Waals surface area contributed by atoms with Gasteiger partial charge in [-0.1, -0.05) is 50.5 Å². The summed E-state index contributed by atoms with van der Waals surface area (Å²) < 4.78 is 0. The van der Waals surface area contributed by atoms with Gasteiger partial charge in [0.05, 0.1) is 17.4 Å². The van der Waals surface area contributed by atoms with Gasteiger partial charge in [-0.2, -0.15) is 0 Å². The zero-order valence-electron chi connectivity index (χ0n) is 20.4. The Morgan fingerprint density at radius 2 is 1.88 bits per heavy atom. The molecule has 3 aliphatic rings. The van der Waals surface area contributed by atoms with E-state index in [0.717, 1.165) is 68.3 Å². The van der Waals surface area contributed by atoms with Gasteiger partial charge in [0.1, 0.15) is 0 Å². The van der Waals surface area contributed by atoms with Crippen molar-refractivity contribution in [2.45, 2.75) is 89.5 Å². The SMILES string of the molecule is CCCc1c(C(N)=O)cc(N2CCCC2=O)c(NC2CCCc3ccccc32)c1C1CCCC1. The third kappa shape index (κ3) is 4.21. The number of carbonyl (C=O) groups is 2. The normalized spacial score (nSPS) is 20.6. The van der Waals surface area contributed by atoms with Gasteiger partial charge in [0.15, 0.2) is 0 Å². The van der Waals surface area contributed by atoms with Crippen LogP contribution in [0.3, 0.4) is 0 Å². The summed E-state index contributed by atoms with van der Waals surface area (Å²) in [6, 6.07) is 10.9. The largest absolute Gasteiger partial charge is 0.376 e. The third-order valence-electron chi connectivity index (χ3n) is 8.04. The van der Waals surface area contributed by atoms with Crippen molar-refractivity contribution in [2.75, 3.05) is 16.8 Å². The quantitative estimate of drug-likeness (QED) is 0.532. The molecule has 0 bridgehead atoms. The average Bonchev–Trinajstić information content (AvgIpc) is 3.52. The molecule has 2 fully saturated rings. The van der Waals surface area contributed by atoms with Crippen LogP contribution in [-0.4, -0.2) is 18.4 Å². The fourth-order valence-electron chi connectivity index (χ4n) is 6.48. The molecule has 0 spiro atoms. The summed E-state index contributed by atoms with van der Waals surface area (Å²) in [7, 11) is 0. The van der Waals surface area contributed by atoms with Crippen molar-refractivity contribution in [3.63, 3.8) is 0 Å². The molecule has 1 heterocycles. The Morgan fingerprint density at radius 3 is 2.59 bits per heavy atom. The van der Waals surface area contributed by atoms with Crippen LogP contribution in [0.1, 0.15) is 109 Å². The monoisotopic (exact) mass is 459 g/mol. The maximum absolute atomic E-state index is 12.9. The van der Waals surface area contributed by atoms with Crippen molar-refractivity contribution in [1.29, 1.82) is 0 Å². The van der Waals surface area contributed by atoms with E-state index in [0.29, 0.717) is 24.4 Å². The number of rotatable bonds is 7. The van der Waals surface area contributed by atoms with Gasteiger partial charge in [-0.15, -0.1) is 0 Å². The van der Waals surface area contributed by atoms with Gasteiger partial charge in [-0.05, 0) is 79.2 Å². The highest BCUT2D eigenvalue weighted by atomic mass is 16.2. The Morgan fingerprint density at radius 1 is 1.09 bits per heavy atom. The molecular formula is C29H37N3O2. The second-order valence-corrected chi connectivity index (χ2v) is 10.2. The number of nitrogens with one attached hydrogen (secondary N) is 1. The molecule has 5 heteroatoms. The molecule has 1 saturated heterocycles. The van der Waals surface area contributed by atoms with Gasteiger partial charge < -0.3 is 16.0 Å². The summed E-state index contributed by atoms with van der Waals surface area (Å²) in [5.41, 5.74) is 13.6. The van der Waals surface area contributed by atoms with Crippen LogP contribution in [0.2, 0.25) is 0 Å². The number of hydrogen-bond acceptors (Lipinski definition) is 3. The fraction of sp³-hybridized carbons (Fsp3) is 0.517. The van der Waals surface area contributed by atoms with Crippen molar-refractivity contribution in [3.05, 3.63) is 58.1 Å². The number of carbonyl (C=O) groups excluding carboxylic acids is 2. The summed E-state index contributed by atoms with van der Waals surface area (Å²) >= 11 is 0. The number of anilines is 2. The third-order valence-corrected chi connectivity index (χ3v) is 8.04. The van der Waals surface area contributed by atoms with E-state index >= 15 is 0 Å². The second kappa shape index (κ2) is 9.81. The van der Waals surface area contributed by atoms with Crippen LogP contribution in [0, 0.1) is 0 Å². The van der Waals surface area contributed by atoms with E-state index in [-0.39, 0.29) is 17.9 Å². The molecule has 3 N–H and O–H groups in total. The van der Waals surface area contributed by atoms with Gasteiger partial charge in [-0.3, -0.25) is 9.59 Å². The lowest BCUT2D eigenvalue weighted by Crippen LogP contribution is -2.29. The molecule has 2 aromatic carbocycles. The van der Waals surface area contributed by atoms with Gasteiger partial charge in [0.2, 0.25) is 11.8 Å². The summed E-state index contributed by atoms with van der Waals surface area (Å²) in [6.45, 7) is 2.86. The van der Waals surface area contributed by atoms with Crippen molar-refractivity contribution < 1.29 is 9.59 Å². The minimum atomic E-state index is -0.384. The smallest absolute Gasteiger partial charge is 0.249 e. The van der Waals surface area contributed by atoms with E-state index in [2.05, 4.69) is 36.5 Å². The van der Waals surface area contributed by atoms with E-state index in [1.54, 1.807) is 0 Å². The number of aryl methyl sites for hydroxylation is 1. The second-order valence-electron chi connectivity index (χ2n) is 10.2. The van der Waals surface area contributed by atoms with E-state index in [9.17, 15) is 9.59 Å². The van der Waals surface area contributed by atoms with E-state index in [1.807, 2.05) is 11.0 Å². The van der Waals surface area contributed by atoms with Gasteiger partial charge in [0.25, 0.3) is 0 Å². The minimum Gasteiger partial charge on any atom is -0.376 e. The predicted molar refractivity (Wildman–Crippen MR) is 137 cm³/mol. The molecule has 5 rings (SSSR count). The molecule has 1 atom stereocenters. The van der Waals surface area contributed by atoms with E-state index in [1.165, 1.54) is 29.5 Å². The molecule has 0 radical (unpaired) electrons. The molecule has 2 amide bonds. The van der Waals surface area contributed by atoms with Crippen LogP contribution in [0.15, 0.2) is 30.3 Å². The van der Waals surface area contributed by atoms with Crippen molar-refractivity contribution in [3.8, 4) is 0 Å². The van der Waals surface area contributed by atoms with Crippen LogP contribution in [0.25, 0.3) is 0 Å². The first-order valence-corrected chi connectivity index (χ1v) is 13.2. The molecule has 180 valence electrons. The molecule has 1 unspecified atom stereocenters. The zero-order chi connectivity index (χ0) is 23.7. The highest BCUT2D eigenvalue weighted by Crippen LogP contribution is 2.48. The summed E-state index contributed by atoms with van der Waals surface area (Å²) in [4.78, 5) is 27.5. The maximum Gasteiger partial charge on any atom is 0.249 e. The number of primary amides is 1. The lowest BCUT2D eigenvalue weighted by Gasteiger charge is -2.33. The number of amides is 2. The van der Waals surface area contributed by atoms with Gasteiger partial charge >= 0.3 is 0 Å². The molecule has 34 heavy (non-hydrogen) atoms. The highest BCUT2D eigenvalue weighted by Gasteiger charge is 2.33. The lowest BCUT2D eigenvalue weighted by atomic mass is 9.83. The Kier molecular flexibility index (Phi) is 6.62. The average molecular weight is 460 g/mol. The Hall–Kier alpha value is -2.82. The predicted octanol–water partition coefficient (Wildman–Crippen LogP) is 6.01. The molecular weight excluding hydrogens is 422 g/mol. The standard InChI is InChI=1S/C29H37N3O2/c1-2-9-22-23(29(30)34)18-25(32-17-8-16-26(32)33)28(27(22)20-11-3-4-12-20)31-24-15-7-13-19-10-5-6-14-21(19)24/h5-6,10,14,18,20,24,31H,2-4,7-9,11-13,15-17H2,1H3,(H2,30,34). The summed E-state index contributed by atoms with van der Waals surface area (Å²) in [5.74, 6) is 0.159. The fourth-order valence-corrected chi connectivity index (χ4v) is 6.48. The zero-order valence-corrected chi connectivity index (χ0v) is 20.4. The summed E-state index contributed by atoms with van der Waals surface area (Å²) in [5, 5.41) is 3.97. The topological polar surface area (TPSA) is 75.4 Å². The molecule has 5 nitrogen and oxygen atoms in total. The first-order valence-electron chi connectivity index (χ1n) is 13.2. The van der Waals surface area contributed by atoms with Gasteiger partial charge in [0, 0.05) is 18.5 Å². The molecule has 1 saturated carbocycles. The Labute approximate surface area is 203 Å². The van der Waals surface area contributed by atoms with Crippen LogP contribution in [-0.2, 0) is 17.6 Å². The first kappa shape index (κ1) is 22.9. The molecule has 2 aromatic rings. The van der Waals surface area contributed by atoms with Crippen molar-refractivity contribution >= 4 is 23.2 Å². The number of benzene rings is 2. The number of nitrogens with zero attached hydrogens (tertiary/aromatic N) is 1. The molecule has 2 aliphatic carbocycles. The number of nitrogens with two attached hydrogens (primary N) is 1. The van der Waals surface area contributed by atoms with Crippen molar-refractivity contribution in [2.24, 2.45) is 5.73 Å². The summed E-state index contributed by atoms with van der Waals surface area (Å²) in [6.07, 6.45) is 11.2. The number of hydrogen-bond donors (Lipinski definition) is 2. The minimum absolute atomic E-state index is 0.142. The van der Waals surface area contributed by atoms with Crippen LogP contribution in [0.5, 0.6) is 0 Å². The Balaban J connectivity index is 1.71. The number of fused-ring (bicyclic) bond motifs is 1. The van der Waals surface area contributed by atoms with Crippen LogP contribution >= 0.6 is 0 Å².